The maximum absolute atomic E-state index is 5.58. The van der Waals surface area contributed by atoms with Crippen LogP contribution in [0, 0.1) is 0 Å². The number of benzene rings is 2. The van der Waals surface area contributed by atoms with Crippen LogP contribution in [0.1, 0.15) is 0 Å². The second-order valence-corrected chi connectivity index (χ2v) is 10.2. The summed E-state index contributed by atoms with van der Waals surface area (Å²) in [5.41, 5.74) is 2.44. The zero-order valence-corrected chi connectivity index (χ0v) is 14.8. The fraction of sp³-hybridized carbons (Fsp3) is 0.333. The molecule has 3 nitrogen and oxygen atoms in total. The van der Waals surface area contributed by atoms with E-state index in [-0.39, 0.29) is 0 Å². The molecule has 118 valence electrons. The summed E-state index contributed by atoms with van der Waals surface area (Å²) in [5, 5.41) is 3.54. The standard InChI is InChI=1S/C18H26N2OSi/c1-21-22(2,3)16-19-14-15-20(17-10-6-4-7-11-17)18-12-8-5-9-13-18/h4-13,19H,14-16H2,1-3H3. The van der Waals surface area contributed by atoms with Gasteiger partial charge in [-0.25, -0.2) is 0 Å². The summed E-state index contributed by atoms with van der Waals surface area (Å²) in [5.74, 6) is 0. The van der Waals surface area contributed by atoms with E-state index in [1.54, 1.807) is 0 Å². The molecule has 0 unspecified atom stereocenters. The molecule has 0 aromatic heterocycles. The Labute approximate surface area is 135 Å². The maximum Gasteiger partial charge on any atom is 0.199 e. The molecule has 0 heterocycles. The van der Waals surface area contributed by atoms with Crippen LogP contribution in [-0.2, 0) is 4.43 Å². The third kappa shape index (κ3) is 4.98. The van der Waals surface area contributed by atoms with E-state index in [4.69, 9.17) is 4.43 Å². The lowest BCUT2D eigenvalue weighted by Crippen LogP contribution is -2.43. The number of para-hydroxylation sites is 2. The van der Waals surface area contributed by atoms with Crippen LogP contribution in [-0.4, -0.2) is 34.7 Å². The molecule has 0 saturated heterocycles. The molecule has 4 heteroatoms. The molecule has 0 aliphatic carbocycles. The topological polar surface area (TPSA) is 24.5 Å². The van der Waals surface area contributed by atoms with Crippen molar-refractivity contribution in [2.45, 2.75) is 13.1 Å². The summed E-state index contributed by atoms with van der Waals surface area (Å²) in [7, 11) is 0.276. The fourth-order valence-electron chi connectivity index (χ4n) is 2.28. The second kappa shape index (κ2) is 8.13. The monoisotopic (exact) mass is 314 g/mol. The molecule has 22 heavy (non-hydrogen) atoms. The second-order valence-electron chi connectivity index (χ2n) is 5.96. The molecule has 0 aliphatic rings. The third-order valence-electron chi connectivity index (χ3n) is 3.75. The number of nitrogens with zero attached hydrogens (tertiary/aromatic N) is 1. The van der Waals surface area contributed by atoms with E-state index in [1.807, 2.05) is 7.11 Å². The SMILES string of the molecule is CO[Si](C)(C)CNCCN(c1ccccc1)c1ccccc1. The minimum absolute atomic E-state index is 0.933. The van der Waals surface area contributed by atoms with Gasteiger partial charge in [-0.15, -0.1) is 0 Å². The van der Waals surface area contributed by atoms with E-state index in [9.17, 15) is 0 Å². The number of anilines is 2. The Morgan fingerprint density at radius 1 is 0.909 bits per heavy atom. The smallest absolute Gasteiger partial charge is 0.199 e. The first-order chi connectivity index (χ1) is 10.6. The molecule has 0 atom stereocenters. The van der Waals surface area contributed by atoms with Crippen LogP contribution < -0.4 is 10.2 Å². The van der Waals surface area contributed by atoms with Gasteiger partial charge in [0.2, 0.25) is 0 Å². The molecule has 0 radical (unpaired) electrons. The molecular formula is C18H26N2OSi. The summed E-state index contributed by atoms with van der Waals surface area (Å²) < 4.78 is 5.58. The first kappa shape index (κ1) is 16.7. The molecule has 0 fully saturated rings. The first-order valence-electron chi connectivity index (χ1n) is 7.76. The Hall–Kier alpha value is -1.62. The van der Waals surface area contributed by atoms with Gasteiger partial charge in [-0.3, -0.25) is 0 Å². The Bertz CT molecular complexity index is 506. The molecule has 0 aliphatic heterocycles. The van der Waals surface area contributed by atoms with E-state index in [0.717, 1.165) is 19.3 Å². The van der Waals surface area contributed by atoms with E-state index in [1.165, 1.54) is 11.4 Å². The largest absolute Gasteiger partial charge is 0.419 e. The van der Waals surface area contributed by atoms with Crippen molar-refractivity contribution in [1.29, 1.82) is 0 Å². The van der Waals surface area contributed by atoms with Crippen molar-refractivity contribution in [2.75, 3.05) is 31.3 Å². The van der Waals surface area contributed by atoms with Gasteiger partial charge in [0.1, 0.15) is 0 Å². The average molecular weight is 315 g/mol. The molecule has 1 N–H and O–H groups in total. The van der Waals surface area contributed by atoms with Gasteiger partial charge >= 0.3 is 0 Å². The van der Waals surface area contributed by atoms with Gasteiger partial charge in [0.25, 0.3) is 0 Å². The average Bonchev–Trinajstić information content (AvgIpc) is 2.56. The Balaban J connectivity index is 2.01. The van der Waals surface area contributed by atoms with Crippen LogP contribution in [0.3, 0.4) is 0 Å². The van der Waals surface area contributed by atoms with Gasteiger partial charge in [-0.05, 0) is 37.4 Å². The minimum atomic E-state index is -1.54. The molecule has 2 aromatic rings. The van der Waals surface area contributed by atoms with Crippen LogP contribution >= 0.6 is 0 Å². The van der Waals surface area contributed by atoms with Crippen LogP contribution in [0.15, 0.2) is 60.7 Å². The summed E-state index contributed by atoms with van der Waals surface area (Å²) in [6.45, 7) is 6.32. The quantitative estimate of drug-likeness (QED) is 0.592. The van der Waals surface area contributed by atoms with Gasteiger partial charge in [0.05, 0.1) is 0 Å². The van der Waals surface area contributed by atoms with Gasteiger partial charge < -0.3 is 14.6 Å². The first-order valence-corrected chi connectivity index (χ1v) is 10.9. The lowest BCUT2D eigenvalue weighted by Gasteiger charge is -2.26. The minimum Gasteiger partial charge on any atom is -0.419 e. The lowest BCUT2D eigenvalue weighted by atomic mass is 10.2. The molecule has 0 spiro atoms. The van der Waals surface area contributed by atoms with Crippen LogP contribution in [0.4, 0.5) is 11.4 Å². The number of hydrogen-bond acceptors (Lipinski definition) is 3. The van der Waals surface area contributed by atoms with Gasteiger partial charge in [0, 0.05) is 37.7 Å². The summed E-state index contributed by atoms with van der Waals surface area (Å²) in [6, 6.07) is 21.1. The van der Waals surface area contributed by atoms with Crippen molar-refractivity contribution in [2.24, 2.45) is 0 Å². The summed E-state index contributed by atoms with van der Waals surface area (Å²) >= 11 is 0. The van der Waals surface area contributed by atoms with Crippen LogP contribution in [0.5, 0.6) is 0 Å². The number of rotatable bonds is 8. The van der Waals surface area contributed by atoms with E-state index >= 15 is 0 Å². The van der Waals surface area contributed by atoms with Crippen molar-refractivity contribution < 1.29 is 4.43 Å². The van der Waals surface area contributed by atoms with Gasteiger partial charge in [-0.2, -0.15) is 0 Å². The predicted octanol–water partition coefficient (Wildman–Crippen LogP) is 3.81. The van der Waals surface area contributed by atoms with Crippen molar-refractivity contribution in [3.05, 3.63) is 60.7 Å². The zero-order valence-electron chi connectivity index (χ0n) is 13.8. The normalized spacial score (nSPS) is 11.4. The van der Waals surface area contributed by atoms with Crippen molar-refractivity contribution >= 4 is 19.7 Å². The van der Waals surface area contributed by atoms with Crippen molar-refractivity contribution in [3.8, 4) is 0 Å². The fourth-order valence-corrected chi connectivity index (χ4v) is 3.20. The highest BCUT2D eigenvalue weighted by Gasteiger charge is 2.19. The molecule has 2 aromatic carbocycles. The molecule has 0 bridgehead atoms. The Morgan fingerprint density at radius 2 is 1.41 bits per heavy atom. The van der Waals surface area contributed by atoms with E-state index in [0.29, 0.717) is 0 Å². The van der Waals surface area contributed by atoms with E-state index < -0.39 is 8.32 Å². The molecular weight excluding hydrogens is 288 g/mol. The summed E-state index contributed by atoms with van der Waals surface area (Å²) in [4.78, 5) is 2.34. The van der Waals surface area contributed by atoms with Crippen molar-refractivity contribution in [1.82, 2.24) is 5.32 Å². The highest BCUT2D eigenvalue weighted by atomic mass is 28.4. The zero-order chi connectivity index (χ0) is 15.8. The third-order valence-corrected chi connectivity index (χ3v) is 5.96. The van der Waals surface area contributed by atoms with Crippen molar-refractivity contribution in [3.63, 3.8) is 0 Å². The van der Waals surface area contributed by atoms with Crippen LogP contribution in [0.2, 0.25) is 13.1 Å². The maximum atomic E-state index is 5.58. The van der Waals surface area contributed by atoms with Crippen LogP contribution in [0.25, 0.3) is 0 Å². The highest BCUT2D eigenvalue weighted by Crippen LogP contribution is 2.24. The Morgan fingerprint density at radius 3 is 1.86 bits per heavy atom. The number of hydrogen-bond donors (Lipinski definition) is 1. The van der Waals surface area contributed by atoms with Gasteiger partial charge in [0.15, 0.2) is 8.32 Å². The molecule has 0 saturated carbocycles. The highest BCUT2D eigenvalue weighted by molar-refractivity contribution is 6.71. The Kier molecular flexibility index (Phi) is 6.18. The lowest BCUT2D eigenvalue weighted by molar-refractivity contribution is 0.400. The predicted molar refractivity (Wildman–Crippen MR) is 97.3 cm³/mol. The molecule has 0 amide bonds. The number of nitrogens with one attached hydrogen (secondary N) is 1. The van der Waals surface area contributed by atoms with E-state index in [2.05, 4.69) is 84.0 Å². The van der Waals surface area contributed by atoms with Gasteiger partial charge in [-0.1, -0.05) is 36.4 Å². The molecule has 2 rings (SSSR count). The summed E-state index contributed by atoms with van der Waals surface area (Å²) in [6.07, 6.45) is 0.973.